The topological polar surface area (TPSA) is 96.3 Å². The number of carboxylic acids is 1. The van der Waals surface area contributed by atoms with Crippen molar-refractivity contribution in [2.45, 2.75) is 24.5 Å². The number of hydrogen-bond donors (Lipinski definition) is 3. The zero-order valence-electron chi connectivity index (χ0n) is 9.54. The van der Waals surface area contributed by atoms with Crippen LogP contribution in [0, 0.1) is 0 Å². The highest BCUT2D eigenvalue weighted by atomic mass is 79.9. The minimum atomic E-state index is -1.16. The third-order valence-corrected chi connectivity index (χ3v) is 2.87. The summed E-state index contributed by atoms with van der Waals surface area (Å²) < 4.78 is 1.77. The molecule has 1 aliphatic rings. The predicted octanol–water partition coefficient (Wildman–Crippen LogP) is -4.35. The summed E-state index contributed by atoms with van der Waals surface area (Å²) in [6, 6.07) is 4.61. The molecule has 0 unspecified atom stereocenters. The van der Waals surface area contributed by atoms with E-state index in [4.69, 9.17) is 10.8 Å². The van der Waals surface area contributed by atoms with Gasteiger partial charge in [0.05, 0.1) is 0 Å². The van der Waals surface area contributed by atoms with E-state index in [0.717, 1.165) is 0 Å². The highest BCUT2D eigenvalue weighted by Gasteiger charge is 2.49. The van der Waals surface area contributed by atoms with Gasteiger partial charge in [0, 0.05) is 18.6 Å². The van der Waals surface area contributed by atoms with Gasteiger partial charge >= 0.3 is 5.97 Å². The van der Waals surface area contributed by atoms with Crippen LogP contribution in [0.5, 0.6) is 0 Å². The molecule has 0 spiro atoms. The fourth-order valence-electron chi connectivity index (χ4n) is 1.96. The van der Waals surface area contributed by atoms with Gasteiger partial charge in [0.25, 0.3) is 0 Å². The lowest BCUT2D eigenvalue weighted by Crippen LogP contribution is -3.00. The van der Waals surface area contributed by atoms with Gasteiger partial charge < -0.3 is 33.1 Å². The van der Waals surface area contributed by atoms with Gasteiger partial charge in [0.15, 0.2) is 24.5 Å². The first kappa shape index (κ1) is 14.6. The molecule has 2 heterocycles. The van der Waals surface area contributed by atoms with Crippen LogP contribution in [-0.2, 0) is 16.1 Å². The maximum Gasteiger partial charge on any atom is 0.326 e. The van der Waals surface area contributed by atoms with Gasteiger partial charge in [-0.2, -0.15) is 0 Å². The molecule has 4 N–H and O–H groups in total. The average Bonchev–Trinajstić information content (AvgIpc) is 2.57. The highest BCUT2D eigenvalue weighted by Crippen LogP contribution is 2.18. The average molecular weight is 316 g/mol. The maximum atomic E-state index is 11.7. The van der Waals surface area contributed by atoms with E-state index >= 15 is 0 Å². The van der Waals surface area contributed by atoms with Crippen molar-refractivity contribution in [3.63, 3.8) is 0 Å². The molecular weight excluding hydrogens is 302 g/mol. The summed E-state index contributed by atoms with van der Waals surface area (Å²) in [5.74, 6) is -1.47. The van der Waals surface area contributed by atoms with Crippen LogP contribution in [0.3, 0.4) is 0 Å². The summed E-state index contributed by atoms with van der Waals surface area (Å²) in [5.41, 5.74) is 4.81. The van der Waals surface area contributed by atoms with Crippen LogP contribution in [-0.4, -0.2) is 28.6 Å². The molecule has 0 saturated carbocycles. The third-order valence-electron chi connectivity index (χ3n) is 2.87. The molecular formula is C11H14BrN3O3. The summed E-state index contributed by atoms with van der Waals surface area (Å²) in [7, 11) is 0. The highest BCUT2D eigenvalue weighted by molar-refractivity contribution is 5.94. The Hall–Kier alpha value is -1.47. The molecule has 0 aromatic carbocycles. The number of carboxylic acid groups (broad SMARTS) is 1. The van der Waals surface area contributed by atoms with Crippen LogP contribution in [0.1, 0.15) is 6.42 Å². The summed E-state index contributed by atoms with van der Waals surface area (Å²) in [6.45, 7) is 0.267. The van der Waals surface area contributed by atoms with E-state index in [2.05, 4.69) is 5.32 Å². The van der Waals surface area contributed by atoms with Crippen molar-refractivity contribution >= 4 is 11.9 Å². The van der Waals surface area contributed by atoms with Gasteiger partial charge in [-0.1, -0.05) is 6.07 Å². The van der Waals surface area contributed by atoms with Crippen LogP contribution >= 0.6 is 0 Å². The van der Waals surface area contributed by atoms with E-state index in [9.17, 15) is 9.59 Å². The minimum Gasteiger partial charge on any atom is -1.00 e. The zero-order valence-corrected chi connectivity index (χ0v) is 11.1. The van der Waals surface area contributed by atoms with Crippen LogP contribution < -0.4 is 32.6 Å². The molecule has 1 aromatic heterocycles. The van der Waals surface area contributed by atoms with Crippen LogP contribution in [0.25, 0.3) is 0 Å². The molecule has 1 aliphatic heterocycles. The minimum absolute atomic E-state index is 0. The van der Waals surface area contributed by atoms with E-state index in [0.29, 0.717) is 0 Å². The molecule has 1 amide bonds. The lowest BCUT2D eigenvalue weighted by molar-refractivity contribution is -0.701. The Morgan fingerprint density at radius 3 is 2.61 bits per heavy atom. The maximum absolute atomic E-state index is 11.7. The van der Waals surface area contributed by atoms with Crippen molar-refractivity contribution in [1.29, 1.82) is 0 Å². The van der Waals surface area contributed by atoms with Gasteiger partial charge in [0.1, 0.15) is 6.04 Å². The number of hydrogen-bond acceptors (Lipinski definition) is 3. The fraction of sp³-hybridized carbons (Fsp3) is 0.364. The SMILES string of the molecule is N[C@@]1(C[n+]2ccccc2)C[C@@H](C(=O)O)NC1=O.[Br-]. The second kappa shape index (κ2) is 5.45. The molecule has 1 fully saturated rings. The van der Waals surface area contributed by atoms with E-state index in [1.54, 1.807) is 17.0 Å². The molecule has 2 atom stereocenters. The number of aliphatic carboxylic acids is 1. The van der Waals surface area contributed by atoms with Gasteiger partial charge in [-0.05, 0) is 0 Å². The molecule has 18 heavy (non-hydrogen) atoms. The molecule has 98 valence electrons. The second-order valence-corrected chi connectivity index (χ2v) is 4.27. The standard InChI is InChI=1S/C11H13N3O3.BrH/c12-11(7-14-4-2-1-3-5-14)6-8(9(15)16)13-10(11)17;/h1-5,8H,6-7,12H2,(H-,13,15,16,17);1H/t8-,11+;/m0./s1. The molecule has 1 aromatic rings. The molecule has 6 nitrogen and oxygen atoms in total. The van der Waals surface area contributed by atoms with Gasteiger partial charge in [-0.15, -0.1) is 0 Å². The molecule has 2 rings (SSSR count). The summed E-state index contributed by atoms with van der Waals surface area (Å²) in [5, 5.41) is 11.2. The number of halogens is 1. The number of carbonyl (C=O) groups excluding carboxylic acids is 1. The number of nitrogens with two attached hydrogens (primary N) is 1. The van der Waals surface area contributed by atoms with Crippen LogP contribution in [0.15, 0.2) is 30.6 Å². The number of nitrogens with zero attached hydrogens (tertiary/aromatic N) is 1. The number of rotatable bonds is 3. The van der Waals surface area contributed by atoms with Crippen molar-refractivity contribution in [2.24, 2.45) is 5.73 Å². The Kier molecular flexibility index (Phi) is 4.42. The van der Waals surface area contributed by atoms with Crippen molar-refractivity contribution in [1.82, 2.24) is 5.32 Å². The predicted molar refractivity (Wildman–Crippen MR) is 57.7 cm³/mol. The fourth-order valence-corrected chi connectivity index (χ4v) is 1.96. The quantitative estimate of drug-likeness (QED) is 0.491. The Morgan fingerprint density at radius 1 is 1.50 bits per heavy atom. The van der Waals surface area contributed by atoms with E-state index in [1.165, 1.54) is 0 Å². The van der Waals surface area contributed by atoms with Gasteiger partial charge in [-0.3, -0.25) is 4.79 Å². The largest absolute Gasteiger partial charge is 1.00 e. The number of aromatic nitrogens is 1. The summed E-state index contributed by atoms with van der Waals surface area (Å²) >= 11 is 0. The van der Waals surface area contributed by atoms with Gasteiger partial charge in [0.2, 0.25) is 5.91 Å². The number of carbonyl (C=O) groups is 2. The monoisotopic (exact) mass is 315 g/mol. The summed E-state index contributed by atoms with van der Waals surface area (Å²) in [4.78, 5) is 22.5. The third kappa shape index (κ3) is 2.85. The molecule has 7 heteroatoms. The smallest absolute Gasteiger partial charge is 0.326 e. The normalized spacial score (nSPS) is 26.3. The number of amides is 1. The van der Waals surface area contributed by atoms with Crippen molar-refractivity contribution < 1.29 is 36.2 Å². The van der Waals surface area contributed by atoms with Gasteiger partial charge in [-0.25, -0.2) is 9.36 Å². The Bertz CT molecular complexity index is 454. The Balaban J connectivity index is 0.00000162. The first-order valence-electron chi connectivity index (χ1n) is 5.28. The molecule has 1 saturated heterocycles. The lowest BCUT2D eigenvalue weighted by atomic mass is 9.96. The van der Waals surface area contributed by atoms with E-state index in [-0.39, 0.29) is 29.9 Å². The lowest BCUT2D eigenvalue weighted by Gasteiger charge is -2.16. The first-order chi connectivity index (χ1) is 8.01. The van der Waals surface area contributed by atoms with Crippen molar-refractivity contribution in [2.75, 3.05) is 0 Å². The van der Waals surface area contributed by atoms with Crippen molar-refractivity contribution in [3.8, 4) is 0 Å². The molecule has 0 aliphatic carbocycles. The Morgan fingerprint density at radius 2 is 2.11 bits per heavy atom. The summed E-state index contributed by atoms with van der Waals surface area (Å²) in [6.07, 6.45) is 3.68. The first-order valence-corrected chi connectivity index (χ1v) is 5.28. The molecule has 0 bridgehead atoms. The van der Waals surface area contributed by atoms with Crippen molar-refractivity contribution in [3.05, 3.63) is 30.6 Å². The van der Waals surface area contributed by atoms with E-state index in [1.807, 2.05) is 18.2 Å². The van der Waals surface area contributed by atoms with Crippen LogP contribution in [0.4, 0.5) is 0 Å². The second-order valence-electron chi connectivity index (χ2n) is 4.27. The van der Waals surface area contributed by atoms with Crippen LogP contribution in [0.2, 0.25) is 0 Å². The molecule has 0 radical (unpaired) electrons. The van der Waals surface area contributed by atoms with E-state index < -0.39 is 23.5 Å². The zero-order chi connectivity index (χ0) is 12.5. The number of nitrogens with one attached hydrogen (secondary N) is 1. The number of pyridine rings is 1. The Labute approximate surface area is 115 Å².